The van der Waals surface area contributed by atoms with E-state index in [1.807, 2.05) is 0 Å². The van der Waals surface area contributed by atoms with Crippen LogP contribution >= 0.6 is 0 Å². The van der Waals surface area contributed by atoms with Crippen LogP contribution in [0.5, 0.6) is 0 Å². The van der Waals surface area contributed by atoms with Crippen LogP contribution in [-0.2, 0) is 0 Å². The lowest BCUT2D eigenvalue weighted by Crippen LogP contribution is -2.26. The Bertz CT molecular complexity index is 86.1. The fourth-order valence-electron chi connectivity index (χ4n) is 1.54. The van der Waals surface area contributed by atoms with E-state index in [0.717, 1.165) is 13.1 Å². The van der Waals surface area contributed by atoms with Crippen LogP contribution in [0.2, 0.25) is 0 Å². The molecule has 0 saturated carbocycles. The molecule has 0 bridgehead atoms. The van der Waals surface area contributed by atoms with E-state index in [1.54, 1.807) is 0 Å². The predicted molar refractivity (Wildman–Crippen MR) is 59.9 cm³/mol. The minimum absolute atomic E-state index is 0.819. The van der Waals surface area contributed by atoms with Gasteiger partial charge in [-0.3, -0.25) is 0 Å². The summed E-state index contributed by atoms with van der Waals surface area (Å²) in [6.45, 7) is 8.89. The molecule has 0 aliphatic carbocycles. The van der Waals surface area contributed by atoms with E-state index in [-0.39, 0.29) is 0 Å². The van der Waals surface area contributed by atoms with Gasteiger partial charge in [-0.05, 0) is 25.9 Å². The molecule has 1 rings (SSSR count). The Kier molecular flexibility index (Phi) is 9.94. The lowest BCUT2D eigenvalue weighted by atomic mass is 10.3. The van der Waals surface area contributed by atoms with E-state index in [0.29, 0.717) is 0 Å². The zero-order valence-electron chi connectivity index (χ0n) is 9.39. The summed E-state index contributed by atoms with van der Waals surface area (Å²) in [6.07, 6.45) is 6.83. The van der Waals surface area contributed by atoms with E-state index in [9.17, 15) is 0 Å². The molecule has 2 N–H and O–H groups in total. The summed E-state index contributed by atoms with van der Waals surface area (Å²) in [6, 6.07) is 0. The lowest BCUT2D eigenvalue weighted by molar-refractivity contribution is 0.349. The minimum Gasteiger partial charge on any atom is -0.329 e. The minimum atomic E-state index is 0.819. The van der Waals surface area contributed by atoms with Gasteiger partial charge in [0.1, 0.15) is 0 Å². The van der Waals surface area contributed by atoms with E-state index >= 15 is 0 Å². The van der Waals surface area contributed by atoms with Crippen LogP contribution < -0.4 is 5.73 Å². The van der Waals surface area contributed by atoms with E-state index in [2.05, 4.69) is 18.7 Å². The first-order valence-corrected chi connectivity index (χ1v) is 5.77. The molecule has 0 atom stereocenters. The van der Waals surface area contributed by atoms with Crippen LogP contribution in [0.1, 0.15) is 46.0 Å². The Morgan fingerprint density at radius 2 is 1.62 bits per heavy atom. The summed E-state index contributed by atoms with van der Waals surface area (Å²) in [5, 5.41) is 0. The van der Waals surface area contributed by atoms with Crippen molar-refractivity contribution in [1.29, 1.82) is 0 Å². The second kappa shape index (κ2) is 10.0. The second-order valence-electron chi connectivity index (χ2n) is 3.69. The van der Waals surface area contributed by atoms with Crippen molar-refractivity contribution < 1.29 is 0 Å². The summed E-state index contributed by atoms with van der Waals surface area (Å²) in [5.41, 5.74) is 5.37. The molecule has 0 unspecified atom stereocenters. The van der Waals surface area contributed by atoms with Crippen molar-refractivity contribution in [2.45, 2.75) is 46.0 Å². The largest absolute Gasteiger partial charge is 0.329 e. The van der Waals surface area contributed by atoms with Crippen molar-refractivity contribution in [3.63, 3.8) is 0 Å². The van der Waals surface area contributed by atoms with Gasteiger partial charge in [0.05, 0.1) is 0 Å². The predicted octanol–water partition coefficient (Wildman–Crippen LogP) is 2.24. The molecule has 1 aliphatic rings. The van der Waals surface area contributed by atoms with Gasteiger partial charge in [-0.15, -0.1) is 0 Å². The molecule has 0 aromatic carbocycles. The molecule has 13 heavy (non-hydrogen) atoms. The number of rotatable bonds is 4. The number of hydrogen-bond donors (Lipinski definition) is 1. The molecule has 1 aliphatic heterocycles. The fraction of sp³-hybridized carbons (Fsp3) is 1.00. The normalized spacial score (nSPS) is 16.8. The third-order valence-electron chi connectivity index (χ3n) is 2.35. The van der Waals surface area contributed by atoms with Gasteiger partial charge in [0, 0.05) is 13.1 Å². The number of likely N-dealkylation sites (tertiary alicyclic amines) is 1. The maximum Gasteiger partial charge on any atom is 0.0105 e. The van der Waals surface area contributed by atoms with Crippen LogP contribution in [0, 0.1) is 0 Å². The van der Waals surface area contributed by atoms with Gasteiger partial charge in [-0.2, -0.15) is 0 Å². The molecule has 2 nitrogen and oxygen atoms in total. The van der Waals surface area contributed by atoms with Crippen molar-refractivity contribution in [1.82, 2.24) is 4.90 Å². The topological polar surface area (TPSA) is 29.3 Å². The third-order valence-corrected chi connectivity index (χ3v) is 2.35. The summed E-state index contributed by atoms with van der Waals surface area (Å²) in [4.78, 5) is 2.42. The molecule has 0 radical (unpaired) electrons. The Morgan fingerprint density at radius 1 is 1.08 bits per heavy atom. The third kappa shape index (κ3) is 8.26. The van der Waals surface area contributed by atoms with Crippen molar-refractivity contribution in [2.75, 3.05) is 26.2 Å². The van der Waals surface area contributed by atoms with Crippen LogP contribution in [0.25, 0.3) is 0 Å². The van der Waals surface area contributed by atoms with Gasteiger partial charge in [-0.1, -0.05) is 33.1 Å². The maximum absolute atomic E-state index is 5.37. The molecular weight excluding hydrogens is 160 g/mol. The molecule has 1 heterocycles. The average molecular weight is 186 g/mol. The van der Waals surface area contributed by atoms with Gasteiger partial charge in [-0.25, -0.2) is 0 Å². The number of nitrogens with two attached hydrogens (primary N) is 1. The van der Waals surface area contributed by atoms with Crippen molar-refractivity contribution in [3.8, 4) is 0 Å². The first kappa shape index (κ1) is 12.9. The lowest BCUT2D eigenvalue weighted by Gasteiger charge is -2.11. The molecule has 2 heteroatoms. The second-order valence-corrected chi connectivity index (χ2v) is 3.69. The Balaban J connectivity index is 0.000000252. The first-order chi connectivity index (χ1) is 6.35. The van der Waals surface area contributed by atoms with E-state index in [1.165, 1.54) is 45.2 Å². The quantitative estimate of drug-likeness (QED) is 0.729. The molecule has 80 valence electrons. The van der Waals surface area contributed by atoms with Crippen LogP contribution in [-0.4, -0.2) is 31.1 Å². The maximum atomic E-state index is 5.37. The molecule has 0 aromatic heterocycles. The van der Waals surface area contributed by atoms with Crippen LogP contribution in [0.3, 0.4) is 0 Å². The summed E-state index contributed by atoms with van der Waals surface area (Å²) in [7, 11) is 0. The Hall–Kier alpha value is -0.0800. The Labute approximate surface area is 83.5 Å². The highest BCUT2D eigenvalue weighted by Crippen LogP contribution is 2.04. The highest BCUT2D eigenvalue weighted by atomic mass is 15.1. The zero-order valence-corrected chi connectivity index (χ0v) is 9.39. The standard InChI is InChI=1S/C6H14N2.C5H12/c7-3-6-8-4-1-2-5-8;1-3-5-4-2/h1-7H2;3-5H2,1-2H3. The summed E-state index contributed by atoms with van der Waals surface area (Å²) in [5.74, 6) is 0. The van der Waals surface area contributed by atoms with E-state index < -0.39 is 0 Å². The summed E-state index contributed by atoms with van der Waals surface area (Å²) < 4.78 is 0. The fourth-order valence-corrected chi connectivity index (χ4v) is 1.54. The van der Waals surface area contributed by atoms with Crippen molar-refractivity contribution in [3.05, 3.63) is 0 Å². The zero-order chi connectivity index (χ0) is 9.94. The molecule has 0 aromatic rings. The van der Waals surface area contributed by atoms with Crippen molar-refractivity contribution in [2.24, 2.45) is 5.73 Å². The molecule has 1 fully saturated rings. The number of unbranched alkanes of at least 4 members (excludes halogenated alkanes) is 2. The number of hydrogen-bond acceptors (Lipinski definition) is 2. The average Bonchev–Trinajstić information content (AvgIpc) is 2.60. The molecule has 0 spiro atoms. The van der Waals surface area contributed by atoms with Gasteiger partial charge in [0.15, 0.2) is 0 Å². The highest BCUT2D eigenvalue weighted by molar-refractivity contribution is 4.65. The number of nitrogens with zero attached hydrogens (tertiary/aromatic N) is 1. The van der Waals surface area contributed by atoms with Crippen LogP contribution in [0.15, 0.2) is 0 Å². The smallest absolute Gasteiger partial charge is 0.0105 e. The highest BCUT2D eigenvalue weighted by Gasteiger charge is 2.08. The van der Waals surface area contributed by atoms with E-state index in [4.69, 9.17) is 5.73 Å². The molecule has 1 saturated heterocycles. The summed E-state index contributed by atoms with van der Waals surface area (Å²) >= 11 is 0. The Morgan fingerprint density at radius 3 is 1.92 bits per heavy atom. The van der Waals surface area contributed by atoms with Crippen LogP contribution in [0.4, 0.5) is 0 Å². The van der Waals surface area contributed by atoms with Gasteiger partial charge >= 0.3 is 0 Å². The van der Waals surface area contributed by atoms with Gasteiger partial charge < -0.3 is 10.6 Å². The van der Waals surface area contributed by atoms with Gasteiger partial charge in [0.25, 0.3) is 0 Å². The first-order valence-electron chi connectivity index (χ1n) is 5.77. The van der Waals surface area contributed by atoms with Crippen molar-refractivity contribution >= 4 is 0 Å². The molecule has 0 amide bonds. The monoisotopic (exact) mass is 186 g/mol. The molecular formula is C11H26N2. The van der Waals surface area contributed by atoms with Gasteiger partial charge in [0.2, 0.25) is 0 Å². The SMILES string of the molecule is CCCCC.NCCN1CCCC1.